The van der Waals surface area contributed by atoms with Crippen molar-refractivity contribution in [1.82, 2.24) is 9.80 Å². The Morgan fingerprint density at radius 3 is 2.22 bits per heavy atom. The SMILES string of the molecule is I.NC(=NCc1ccccc1CN1CCC(O)CC1)N1CCN(c2ccc(F)cc2)CC1. The standard InChI is InChI=1S/C24H32FN5O.HI/c25-21-5-7-22(8-6-21)29-13-15-30(16-14-29)24(26)27-17-19-3-1-2-4-20(19)18-28-11-9-23(31)10-12-28;/h1-8,23,31H,9-18H2,(H2,26,27);1H. The maximum absolute atomic E-state index is 13.2. The maximum Gasteiger partial charge on any atom is 0.191 e. The molecule has 32 heavy (non-hydrogen) atoms. The molecular formula is C24H33FIN5O. The molecule has 2 aliphatic heterocycles. The Morgan fingerprint density at radius 2 is 1.56 bits per heavy atom. The predicted molar refractivity (Wildman–Crippen MR) is 138 cm³/mol. The smallest absolute Gasteiger partial charge is 0.191 e. The molecule has 0 radical (unpaired) electrons. The van der Waals surface area contributed by atoms with Gasteiger partial charge >= 0.3 is 0 Å². The van der Waals surface area contributed by atoms with Crippen LogP contribution in [0.15, 0.2) is 53.5 Å². The molecule has 2 aliphatic rings. The molecule has 0 unspecified atom stereocenters. The van der Waals surface area contributed by atoms with Gasteiger partial charge in [0.25, 0.3) is 0 Å². The number of nitrogens with zero attached hydrogens (tertiary/aromatic N) is 4. The number of guanidine groups is 1. The molecule has 174 valence electrons. The molecule has 2 heterocycles. The zero-order valence-corrected chi connectivity index (χ0v) is 20.7. The van der Waals surface area contributed by atoms with Gasteiger partial charge in [0.2, 0.25) is 0 Å². The fourth-order valence-electron chi connectivity index (χ4n) is 4.30. The number of aliphatic imine (C=N–C) groups is 1. The number of anilines is 1. The lowest BCUT2D eigenvalue weighted by Crippen LogP contribution is -2.51. The van der Waals surface area contributed by atoms with Crippen molar-refractivity contribution in [2.75, 3.05) is 44.2 Å². The number of piperazine rings is 1. The first-order valence-corrected chi connectivity index (χ1v) is 11.1. The summed E-state index contributed by atoms with van der Waals surface area (Å²) in [7, 11) is 0. The summed E-state index contributed by atoms with van der Waals surface area (Å²) in [5.41, 5.74) is 9.83. The summed E-state index contributed by atoms with van der Waals surface area (Å²) in [6.07, 6.45) is 1.54. The first-order valence-electron chi connectivity index (χ1n) is 11.1. The van der Waals surface area contributed by atoms with E-state index in [2.05, 4.69) is 37.9 Å². The van der Waals surface area contributed by atoms with Gasteiger partial charge in [0, 0.05) is 51.5 Å². The Morgan fingerprint density at radius 1 is 0.938 bits per heavy atom. The van der Waals surface area contributed by atoms with E-state index in [-0.39, 0.29) is 35.9 Å². The number of benzene rings is 2. The quantitative estimate of drug-likeness (QED) is 0.339. The van der Waals surface area contributed by atoms with Gasteiger partial charge in [-0.3, -0.25) is 4.90 Å². The van der Waals surface area contributed by atoms with Crippen LogP contribution in [0.3, 0.4) is 0 Å². The van der Waals surface area contributed by atoms with Crippen molar-refractivity contribution in [3.63, 3.8) is 0 Å². The van der Waals surface area contributed by atoms with Crippen molar-refractivity contribution in [1.29, 1.82) is 0 Å². The number of rotatable bonds is 5. The summed E-state index contributed by atoms with van der Waals surface area (Å²) in [5, 5.41) is 9.73. The molecule has 2 fully saturated rings. The highest BCUT2D eigenvalue weighted by molar-refractivity contribution is 14.0. The molecule has 0 saturated carbocycles. The van der Waals surface area contributed by atoms with Crippen molar-refractivity contribution < 1.29 is 9.50 Å². The number of hydrogen-bond acceptors (Lipinski definition) is 4. The van der Waals surface area contributed by atoms with E-state index in [1.807, 2.05) is 18.2 Å². The van der Waals surface area contributed by atoms with E-state index in [9.17, 15) is 9.50 Å². The minimum Gasteiger partial charge on any atom is -0.393 e. The number of halogens is 2. The van der Waals surface area contributed by atoms with Crippen molar-refractivity contribution in [2.24, 2.45) is 10.7 Å². The Bertz CT molecular complexity index is 878. The van der Waals surface area contributed by atoms with Gasteiger partial charge in [-0.2, -0.15) is 0 Å². The highest BCUT2D eigenvalue weighted by Crippen LogP contribution is 2.19. The molecule has 0 amide bonds. The number of aliphatic hydroxyl groups is 1. The number of likely N-dealkylation sites (tertiary alicyclic amines) is 1. The van der Waals surface area contributed by atoms with E-state index >= 15 is 0 Å². The first kappa shape index (κ1) is 24.7. The van der Waals surface area contributed by atoms with Gasteiger partial charge < -0.3 is 20.6 Å². The zero-order valence-electron chi connectivity index (χ0n) is 18.4. The van der Waals surface area contributed by atoms with E-state index in [0.717, 1.165) is 64.3 Å². The number of piperidine rings is 1. The van der Waals surface area contributed by atoms with E-state index < -0.39 is 0 Å². The summed E-state index contributed by atoms with van der Waals surface area (Å²) < 4.78 is 13.2. The Kier molecular flexibility index (Phi) is 9.12. The molecule has 0 bridgehead atoms. The van der Waals surface area contributed by atoms with Crippen LogP contribution < -0.4 is 10.6 Å². The summed E-state index contributed by atoms with van der Waals surface area (Å²) >= 11 is 0. The lowest BCUT2D eigenvalue weighted by Gasteiger charge is -2.36. The number of hydrogen-bond donors (Lipinski definition) is 2. The molecule has 0 spiro atoms. The predicted octanol–water partition coefficient (Wildman–Crippen LogP) is 3.04. The maximum atomic E-state index is 13.2. The molecule has 2 saturated heterocycles. The van der Waals surface area contributed by atoms with Crippen LogP contribution in [-0.4, -0.2) is 66.2 Å². The van der Waals surface area contributed by atoms with E-state index in [0.29, 0.717) is 12.5 Å². The van der Waals surface area contributed by atoms with Gasteiger partial charge in [-0.1, -0.05) is 24.3 Å². The van der Waals surface area contributed by atoms with Gasteiger partial charge in [-0.25, -0.2) is 9.38 Å². The lowest BCUT2D eigenvalue weighted by atomic mass is 10.0. The molecule has 2 aromatic rings. The summed E-state index contributed by atoms with van der Waals surface area (Å²) in [6, 6.07) is 15.0. The molecule has 2 aromatic carbocycles. The van der Waals surface area contributed by atoms with Crippen LogP contribution in [0.25, 0.3) is 0 Å². The van der Waals surface area contributed by atoms with Gasteiger partial charge in [0.05, 0.1) is 12.6 Å². The second-order valence-corrected chi connectivity index (χ2v) is 8.40. The monoisotopic (exact) mass is 553 g/mol. The summed E-state index contributed by atoms with van der Waals surface area (Å²) in [5.74, 6) is 0.367. The average molecular weight is 553 g/mol. The van der Waals surface area contributed by atoms with Gasteiger partial charge in [-0.15, -0.1) is 24.0 Å². The van der Waals surface area contributed by atoms with Gasteiger partial charge in [0.15, 0.2) is 5.96 Å². The van der Waals surface area contributed by atoms with Gasteiger partial charge in [-0.05, 0) is 48.2 Å². The van der Waals surface area contributed by atoms with Gasteiger partial charge in [0.1, 0.15) is 5.82 Å². The molecule has 8 heteroatoms. The minimum atomic E-state index is -0.211. The van der Waals surface area contributed by atoms with Crippen LogP contribution in [0.2, 0.25) is 0 Å². The van der Waals surface area contributed by atoms with Crippen molar-refractivity contribution in [3.8, 4) is 0 Å². The zero-order chi connectivity index (χ0) is 21.6. The topological polar surface area (TPSA) is 68.3 Å². The number of aliphatic hydroxyl groups excluding tert-OH is 1. The molecule has 3 N–H and O–H groups in total. The molecule has 0 aromatic heterocycles. The van der Waals surface area contributed by atoms with Crippen LogP contribution >= 0.6 is 24.0 Å². The highest BCUT2D eigenvalue weighted by atomic mass is 127. The molecule has 6 nitrogen and oxygen atoms in total. The summed E-state index contributed by atoms with van der Waals surface area (Å²) in [6.45, 7) is 6.57. The Labute approximate surface area is 206 Å². The van der Waals surface area contributed by atoms with E-state index in [1.54, 1.807) is 0 Å². The molecular weight excluding hydrogens is 520 g/mol. The second-order valence-electron chi connectivity index (χ2n) is 8.40. The Balaban J connectivity index is 0.00000289. The third kappa shape index (κ3) is 6.55. The fraction of sp³-hybridized carbons (Fsp3) is 0.458. The normalized spacial score (nSPS) is 18.5. The second kappa shape index (κ2) is 11.8. The third-order valence-corrected chi connectivity index (χ3v) is 6.28. The first-order chi connectivity index (χ1) is 15.1. The fourth-order valence-corrected chi connectivity index (χ4v) is 4.30. The summed E-state index contributed by atoms with van der Waals surface area (Å²) in [4.78, 5) is 11.4. The van der Waals surface area contributed by atoms with Crippen molar-refractivity contribution in [2.45, 2.75) is 32.0 Å². The van der Waals surface area contributed by atoms with Crippen LogP contribution in [0.1, 0.15) is 24.0 Å². The Hall–Kier alpha value is -1.91. The van der Waals surface area contributed by atoms with E-state index in [4.69, 9.17) is 5.73 Å². The average Bonchev–Trinajstić information content (AvgIpc) is 2.80. The van der Waals surface area contributed by atoms with Crippen molar-refractivity contribution >= 4 is 35.6 Å². The molecule has 0 aliphatic carbocycles. The van der Waals surface area contributed by atoms with Crippen LogP contribution in [0, 0.1) is 5.82 Å². The van der Waals surface area contributed by atoms with Crippen molar-refractivity contribution in [3.05, 3.63) is 65.5 Å². The van der Waals surface area contributed by atoms with Crippen LogP contribution in [0.5, 0.6) is 0 Å². The highest BCUT2D eigenvalue weighted by Gasteiger charge is 2.20. The largest absolute Gasteiger partial charge is 0.393 e. The molecule has 4 rings (SSSR count). The minimum absolute atomic E-state index is 0. The van der Waals surface area contributed by atoms with Crippen LogP contribution in [0.4, 0.5) is 10.1 Å². The van der Waals surface area contributed by atoms with Crippen LogP contribution in [-0.2, 0) is 13.1 Å². The lowest BCUT2D eigenvalue weighted by molar-refractivity contribution is 0.0791. The number of nitrogens with two attached hydrogens (primary N) is 1. The third-order valence-electron chi connectivity index (χ3n) is 6.28. The van der Waals surface area contributed by atoms with E-state index in [1.165, 1.54) is 23.3 Å². The molecule has 0 atom stereocenters.